The van der Waals surface area contributed by atoms with Crippen LogP contribution in [-0.4, -0.2) is 37.2 Å². The molecule has 0 saturated carbocycles. The molecule has 130 valence electrons. The molecule has 1 rings (SSSR count). The molecule has 0 atom stereocenters. The van der Waals surface area contributed by atoms with E-state index in [2.05, 4.69) is 0 Å². The summed E-state index contributed by atoms with van der Waals surface area (Å²) < 4.78 is 25.3. The SMILES string of the molecule is CCCC(O)(CCC)CS(=O)(=O)c1cccc(C(=O)CCN)c1. The van der Waals surface area contributed by atoms with Gasteiger partial charge in [0.25, 0.3) is 0 Å². The van der Waals surface area contributed by atoms with Crippen molar-refractivity contribution in [3.05, 3.63) is 29.8 Å². The maximum atomic E-state index is 12.6. The highest BCUT2D eigenvalue weighted by Gasteiger charge is 2.32. The Bertz CT molecular complexity index is 619. The van der Waals surface area contributed by atoms with Crippen molar-refractivity contribution < 1.29 is 18.3 Å². The van der Waals surface area contributed by atoms with Crippen molar-refractivity contribution in [3.63, 3.8) is 0 Å². The highest BCUT2D eigenvalue weighted by Crippen LogP contribution is 2.25. The van der Waals surface area contributed by atoms with Crippen LogP contribution in [0.2, 0.25) is 0 Å². The number of aliphatic hydroxyl groups is 1. The molecular weight excluding hydrogens is 314 g/mol. The number of carbonyl (C=O) groups is 1. The molecule has 3 N–H and O–H groups in total. The second-order valence-corrected chi connectivity index (χ2v) is 7.96. The van der Waals surface area contributed by atoms with Crippen LogP contribution in [0.15, 0.2) is 29.2 Å². The number of ketones is 1. The highest BCUT2D eigenvalue weighted by atomic mass is 32.2. The molecule has 0 aliphatic rings. The average molecular weight is 341 g/mol. The number of rotatable bonds is 10. The van der Waals surface area contributed by atoms with Crippen LogP contribution >= 0.6 is 0 Å². The van der Waals surface area contributed by atoms with E-state index >= 15 is 0 Å². The molecule has 0 aliphatic heterocycles. The Balaban J connectivity index is 3.08. The Morgan fingerprint density at radius 1 is 1.22 bits per heavy atom. The quantitative estimate of drug-likeness (QED) is 0.637. The molecule has 1 aromatic carbocycles. The van der Waals surface area contributed by atoms with Crippen LogP contribution in [-0.2, 0) is 9.84 Å². The van der Waals surface area contributed by atoms with Gasteiger partial charge in [-0.05, 0) is 31.5 Å². The van der Waals surface area contributed by atoms with Crippen LogP contribution in [0.4, 0.5) is 0 Å². The van der Waals surface area contributed by atoms with Gasteiger partial charge in [-0.3, -0.25) is 4.79 Å². The van der Waals surface area contributed by atoms with Gasteiger partial charge in [0.2, 0.25) is 0 Å². The minimum atomic E-state index is -3.67. The first-order valence-electron chi connectivity index (χ1n) is 8.06. The van der Waals surface area contributed by atoms with Crippen molar-refractivity contribution >= 4 is 15.6 Å². The van der Waals surface area contributed by atoms with Crippen LogP contribution in [0.25, 0.3) is 0 Å². The molecule has 1 aromatic rings. The zero-order valence-electron chi connectivity index (χ0n) is 13.9. The van der Waals surface area contributed by atoms with E-state index in [0.717, 1.165) is 0 Å². The first-order valence-corrected chi connectivity index (χ1v) is 9.71. The number of Topliss-reactive ketones (excluding diaryl/α,β-unsaturated/α-hetero) is 1. The van der Waals surface area contributed by atoms with E-state index in [4.69, 9.17) is 5.73 Å². The van der Waals surface area contributed by atoms with E-state index in [-0.39, 0.29) is 29.4 Å². The lowest BCUT2D eigenvalue weighted by molar-refractivity contribution is 0.0438. The van der Waals surface area contributed by atoms with Gasteiger partial charge in [-0.15, -0.1) is 0 Å². The van der Waals surface area contributed by atoms with Gasteiger partial charge in [-0.2, -0.15) is 0 Å². The van der Waals surface area contributed by atoms with Gasteiger partial charge >= 0.3 is 0 Å². The molecule has 0 unspecified atom stereocenters. The summed E-state index contributed by atoms with van der Waals surface area (Å²) >= 11 is 0. The molecule has 6 heteroatoms. The van der Waals surface area contributed by atoms with Gasteiger partial charge in [-0.25, -0.2) is 8.42 Å². The van der Waals surface area contributed by atoms with Crippen LogP contribution in [0.5, 0.6) is 0 Å². The van der Waals surface area contributed by atoms with E-state index in [1.807, 2.05) is 13.8 Å². The number of nitrogens with two attached hydrogens (primary N) is 1. The maximum absolute atomic E-state index is 12.6. The lowest BCUT2D eigenvalue weighted by atomic mass is 9.95. The third-order valence-electron chi connectivity index (χ3n) is 3.78. The number of hydrogen-bond acceptors (Lipinski definition) is 5. The third kappa shape index (κ3) is 5.71. The molecular formula is C17H27NO4S. The van der Waals surface area contributed by atoms with Crippen LogP contribution in [0.1, 0.15) is 56.3 Å². The minimum Gasteiger partial charge on any atom is -0.389 e. The summed E-state index contributed by atoms with van der Waals surface area (Å²) in [6.45, 7) is 4.06. The Morgan fingerprint density at radius 3 is 2.35 bits per heavy atom. The molecule has 0 saturated heterocycles. The zero-order valence-corrected chi connectivity index (χ0v) is 14.7. The molecule has 0 fully saturated rings. The molecule has 5 nitrogen and oxygen atoms in total. The Labute approximate surface area is 138 Å². The van der Waals surface area contributed by atoms with Gasteiger partial charge in [-0.1, -0.05) is 38.8 Å². The fourth-order valence-corrected chi connectivity index (χ4v) is 4.53. The van der Waals surface area contributed by atoms with Gasteiger partial charge < -0.3 is 10.8 Å². The largest absolute Gasteiger partial charge is 0.389 e. The van der Waals surface area contributed by atoms with Crippen molar-refractivity contribution in [3.8, 4) is 0 Å². The van der Waals surface area contributed by atoms with E-state index in [0.29, 0.717) is 31.2 Å². The third-order valence-corrected chi connectivity index (χ3v) is 5.67. The maximum Gasteiger partial charge on any atom is 0.181 e. The second-order valence-electron chi connectivity index (χ2n) is 5.97. The summed E-state index contributed by atoms with van der Waals surface area (Å²) in [6, 6.07) is 5.98. The van der Waals surface area contributed by atoms with Gasteiger partial charge in [0.15, 0.2) is 15.6 Å². The summed E-state index contributed by atoms with van der Waals surface area (Å²) in [5, 5.41) is 10.6. The molecule has 0 bridgehead atoms. The first kappa shape index (κ1) is 19.8. The summed E-state index contributed by atoms with van der Waals surface area (Å²) in [6.07, 6.45) is 2.47. The fourth-order valence-electron chi connectivity index (χ4n) is 2.78. The predicted molar refractivity (Wildman–Crippen MR) is 91.3 cm³/mol. The first-order chi connectivity index (χ1) is 10.8. The van der Waals surface area contributed by atoms with Crippen molar-refractivity contribution in [1.82, 2.24) is 0 Å². The Kier molecular flexibility index (Phi) is 7.38. The van der Waals surface area contributed by atoms with Gasteiger partial charge in [0, 0.05) is 12.0 Å². The summed E-state index contributed by atoms with van der Waals surface area (Å²) in [7, 11) is -3.67. The summed E-state index contributed by atoms with van der Waals surface area (Å²) in [5.74, 6) is -0.502. The minimum absolute atomic E-state index is 0.0750. The summed E-state index contributed by atoms with van der Waals surface area (Å²) in [4.78, 5) is 12.0. The molecule has 0 amide bonds. The van der Waals surface area contributed by atoms with Crippen molar-refractivity contribution in [2.45, 2.75) is 56.4 Å². The molecule has 0 aromatic heterocycles. The number of hydrogen-bond donors (Lipinski definition) is 2. The van der Waals surface area contributed by atoms with Crippen LogP contribution in [0, 0.1) is 0 Å². The normalized spacial score (nSPS) is 12.3. The van der Waals surface area contributed by atoms with Gasteiger partial charge in [0.05, 0.1) is 16.2 Å². The van der Waals surface area contributed by atoms with Crippen molar-refractivity contribution in [1.29, 1.82) is 0 Å². The Morgan fingerprint density at radius 2 is 1.83 bits per heavy atom. The monoisotopic (exact) mass is 341 g/mol. The topological polar surface area (TPSA) is 97.5 Å². The van der Waals surface area contributed by atoms with Crippen LogP contribution < -0.4 is 5.73 Å². The molecule has 0 heterocycles. The number of sulfone groups is 1. The van der Waals surface area contributed by atoms with E-state index in [1.165, 1.54) is 12.1 Å². The summed E-state index contributed by atoms with van der Waals surface area (Å²) in [5.41, 5.74) is 4.48. The van der Waals surface area contributed by atoms with E-state index < -0.39 is 15.4 Å². The molecule has 0 spiro atoms. The number of carbonyl (C=O) groups excluding carboxylic acids is 1. The number of benzene rings is 1. The average Bonchev–Trinajstić information content (AvgIpc) is 2.47. The van der Waals surface area contributed by atoms with E-state index in [9.17, 15) is 18.3 Å². The Hall–Kier alpha value is -1.24. The predicted octanol–water partition coefficient (Wildman–Crippen LogP) is 2.32. The molecule has 0 radical (unpaired) electrons. The van der Waals surface area contributed by atoms with Gasteiger partial charge in [0.1, 0.15) is 0 Å². The van der Waals surface area contributed by atoms with E-state index in [1.54, 1.807) is 12.1 Å². The molecule has 23 heavy (non-hydrogen) atoms. The lowest BCUT2D eigenvalue weighted by Gasteiger charge is -2.27. The second kappa shape index (κ2) is 8.57. The smallest absolute Gasteiger partial charge is 0.181 e. The van der Waals surface area contributed by atoms with Crippen LogP contribution in [0.3, 0.4) is 0 Å². The highest BCUT2D eigenvalue weighted by molar-refractivity contribution is 7.91. The lowest BCUT2D eigenvalue weighted by Crippen LogP contribution is -2.37. The van der Waals surface area contributed by atoms with Crippen molar-refractivity contribution in [2.24, 2.45) is 5.73 Å². The zero-order chi connectivity index (χ0) is 17.5. The van der Waals surface area contributed by atoms with Crippen molar-refractivity contribution in [2.75, 3.05) is 12.3 Å². The standard InChI is InChI=1S/C17H27NO4S/c1-3-9-17(20,10-4-2)13-23(21,22)15-7-5-6-14(12-15)16(19)8-11-18/h5-7,12,20H,3-4,8-11,13,18H2,1-2H3. The fraction of sp³-hybridized carbons (Fsp3) is 0.588. The molecule has 0 aliphatic carbocycles.